The Bertz CT molecular complexity index is 546. The van der Waals surface area contributed by atoms with E-state index in [9.17, 15) is 24.9 Å². The Kier molecular flexibility index (Phi) is 25.8. The molecule has 0 aromatic heterocycles. The molecule has 0 spiro atoms. The van der Waals surface area contributed by atoms with Crippen molar-refractivity contribution >= 4 is 23.7 Å². The molecule has 1 unspecified atom stereocenters. The lowest BCUT2D eigenvalue weighted by Crippen LogP contribution is -2.39. The van der Waals surface area contributed by atoms with Crippen LogP contribution in [0.3, 0.4) is 0 Å². The summed E-state index contributed by atoms with van der Waals surface area (Å²) in [6.45, 7) is 0.626. The molecule has 226 valence electrons. The summed E-state index contributed by atoms with van der Waals surface area (Å²) in [6, 6.07) is 0. The van der Waals surface area contributed by atoms with E-state index in [1.54, 1.807) is 11.8 Å². The molecule has 0 aliphatic carbocycles. The van der Waals surface area contributed by atoms with Gasteiger partial charge in [-0.2, -0.15) is 11.8 Å². The Morgan fingerprint density at radius 2 is 1.16 bits per heavy atom. The zero-order chi connectivity index (χ0) is 28.3. The molecule has 0 aliphatic heterocycles. The van der Waals surface area contributed by atoms with Gasteiger partial charge in [0.15, 0.2) is 0 Å². The Hall–Kier alpha value is -0.830. The Balaban J connectivity index is 3.89. The highest BCUT2D eigenvalue weighted by Gasteiger charge is 2.30. The summed E-state index contributed by atoms with van der Waals surface area (Å²) in [5.41, 5.74) is -1.22. The number of carbonyl (C=O) groups excluding carboxylic acids is 2. The molecule has 1 atom stereocenters. The quantitative estimate of drug-likeness (QED) is 0.0763. The summed E-state index contributed by atoms with van der Waals surface area (Å²) in [6.07, 6.45) is 22.6. The molecule has 0 rings (SSSR count). The van der Waals surface area contributed by atoms with Gasteiger partial charge in [0.2, 0.25) is 0 Å². The van der Waals surface area contributed by atoms with Crippen LogP contribution in [0.25, 0.3) is 0 Å². The Morgan fingerprint density at radius 3 is 1.58 bits per heavy atom. The van der Waals surface area contributed by atoms with Crippen molar-refractivity contribution in [3.63, 3.8) is 0 Å². The number of methoxy groups -OCH3 is 1. The summed E-state index contributed by atoms with van der Waals surface area (Å²) in [4.78, 5) is 23.8. The van der Waals surface area contributed by atoms with Gasteiger partial charge in [-0.3, -0.25) is 9.59 Å². The molecule has 0 aliphatic rings. The third kappa shape index (κ3) is 21.0. The summed E-state index contributed by atoms with van der Waals surface area (Å²) in [5, 5.41) is 28.1. The minimum Gasteiger partial charge on any atom is -0.469 e. The third-order valence-electron chi connectivity index (χ3n) is 7.21. The highest BCUT2D eigenvalue weighted by molar-refractivity contribution is 7.99. The van der Waals surface area contributed by atoms with Gasteiger partial charge < -0.3 is 24.8 Å². The summed E-state index contributed by atoms with van der Waals surface area (Å²) < 4.78 is 9.97. The summed E-state index contributed by atoms with van der Waals surface area (Å²) in [5.74, 6) is -0.166. The van der Waals surface area contributed by atoms with Gasteiger partial charge >= 0.3 is 11.9 Å². The maximum atomic E-state index is 12.0. The second-order valence-corrected chi connectivity index (χ2v) is 12.2. The van der Waals surface area contributed by atoms with Crippen molar-refractivity contribution in [1.29, 1.82) is 0 Å². The number of carbonyl (C=O) groups is 2. The lowest BCUT2D eigenvalue weighted by Gasteiger charge is -2.26. The first-order valence-electron chi connectivity index (χ1n) is 15.1. The standard InChI is InChI=1S/C30H58O7S/c1-3-4-5-6-7-8-9-10-11-12-13-14-15-16-17-18-19-27(22-29(35)36-2)38-21-20-28(34)37-26-30(23-31,24-32)25-33/h27,31-33H,3-26H2,1-2H3. The first-order chi connectivity index (χ1) is 18.5. The first-order valence-corrected chi connectivity index (χ1v) is 16.2. The molecule has 38 heavy (non-hydrogen) atoms. The predicted molar refractivity (Wildman–Crippen MR) is 156 cm³/mol. The fourth-order valence-electron chi connectivity index (χ4n) is 4.34. The normalized spacial score (nSPS) is 12.4. The first kappa shape index (κ1) is 37.2. The van der Waals surface area contributed by atoms with Gasteiger partial charge in [-0.15, -0.1) is 0 Å². The van der Waals surface area contributed by atoms with Crippen molar-refractivity contribution in [2.45, 2.75) is 134 Å². The van der Waals surface area contributed by atoms with Crippen molar-refractivity contribution in [2.24, 2.45) is 5.41 Å². The minimum atomic E-state index is -1.22. The topological polar surface area (TPSA) is 113 Å². The number of ether oxygens (including phenoxy) is 2. The van der Waals surface area contributed by atoms with Gasteiger partial charge in [0.1, 0.15) is 6.61 Å². The number of unbranched alkanes of at least 4 members (excludes halogenated alkanes) is 15. The van der Waals surface area contributed by atoms with Crippen LogP contribution in [0.2, 0.25) is 0 Å². The number of esters is 2. The van der Waals surface area contributed by atoms with Crippen LogP contribution in [0.4, 0.5) is 0 Å². The van der Waals surface area contributed by atoms with E-state index in [1.165, 1.54) is 97.0 Å². The van der Waals surface area contributed by atoms with E-state index in [2.05, 4.69) is 6.92 Å². The second-order valence-electron chi connectivity index (χ2n) is 10.8. The van der Waals surface area contributed by atoms with Crippen molar-refractivity contribution in [2.75, 3.05) is 39.3 Å². The summed E-state index contributed by atoms with van der Waals surface area (Å²) >= 11 is 1.58. The van der Waals surface area contributed by atoms with Crippen LogP contribution >= 0.6 is 11.8 Å². The van der Waals surface area contributed by atoms with Gasteiger partial charge in [0.05, 0.1) is 45.2 Å². The smallest absolute Gasteiger partial charge is 0.306 e. The molecule has 0 saturated heterocycles. The van der Waals surface area contributed by atoms with Gasteiger partial charge in [-0.1, -0.05) is 110 Å². The third-order valence-corrected chi connectivity index (χ3v) is 8.52. The largest absolute Gasteiger partial charge is 0.469 e. The fraction of sp³-hybridized carbons (Fsp3) is 0.933. The summed E-state index contributed by atoms with van der Waals surface area (Å²) in [7, 11) is 1.39. The van der Waals surface area contributed by atoms with Gasteiger partial charge in [0, 0.05) is 11.0 Å². The maximum Gasteiger partial charge on any atom is 0.306 e. The Labute approximate surface area is 236 Å². The lowest BCUT2D eigenvalue weighted by molar-refractivity contribution is -0.150. The van der Waals surface area contributed by atoms with Crippen molar-refractivity contribution in [1.82, 2.24) is 0 Å². The van der Waals surface area contributed by atoms with E-state index >= 15 is 0 Å². The number of aliphatic hydroxyl groups is 3. The molecule has 8 heteroatoms. The number of rotatable bonds is 28. The number of thioether (sulfide) groups is 1. The molecule has 0 amide bonds. The molecule has 0 fully saturated rings. The van der Waals surface area contributed by atoms with Crippen molar-refractivity contribution in [3.8, 4) is 0 Å². The van der Waals surface area contributed by atoms with E-state index in [4.69, 9.17) is 9.47 Å². The van der Waals surface area contributed by atoms with Crippen LogP contribution in [0, 0.1) is 5.41 Å². The van der Waals surface area contributed by atoms with E-state index in [-0.39, 0.29) is 24.2 Å². The molecular weight excluding hydrogens is 504 g/mol. The van der Waals surface area contributed by atoms with Gasteiger partial charge in [-0.05, 0) is 6.42 Å². The highest BCUT2D eigenvalue weighted by Crippen LogP contribution is 2.24. The van der Waals surface area contributed by atoms with Crippen LogP contribution in [-0.4, -0.2) is 71.8 Å². The predicted octanol–water partition coefficient (Wildman–Crippen LogP) is 6.20. The van der Waals surface area contributed by atoms with Crippen LogP contribution < -0.4 is 0 Å². The van der Waals surface area contributed by atoms with Crippen LogP contribution in [0.15, 0.2) is 0 Å². The van der Waals surface area contributed by atoms with Gasteiger partial charge in [0.25, 0.3) is 0 Å². The Morgan fingerprint density at radius 1 is 0.711 bits per heavy atom. The van der Waals surface area contributed by atoms with Crippen molar-refractivity contribution < 1.29 is 34.4 Å². The number of aliphatic hydroxyl groups excluding tert-OH is 3. The van der Waals surface area contributed by atoms with E-state index in [0.717, 1.165) is 19.3 Å². The highest BCUT2D eigenvalue weighted by atomic mass is 32.2. The van der Waals surface area contributed by atoms with Crippen LogP contribution in [0.1, 0.15) is 129 Å². The zero-order valence-corrected chi connectivity index (χ0v) is 25.2. The molecule has 0 aromatic rings. The second kappa shape index (κ2) is 26.4. The molecule has 0 heterocycles. The molecule has 0 radical (unpaired) electrons. The van der Waals surface area contributed by atoms with E-state index in [1.807, 2.05) is 0 Å². The lowest BCUT2D eigenvalue weighted by atomic mass is 9.93. The number of hydrogen-bond donors (Lipinski definition) is 3. The molecular formula is C30H58O7S. The van der Waals surface area contributed by atoms with E-state index in [0.29, 0.717) is 12.2 Å². The van der Waals surface area contributed by atoms with E-state index < -0.39 is 31.2 Å². The monoisotopic (exact) mass is 562 g/mol. The molecule has 0 saturated carbocycles. The zero-order valence-electron chi connectivity index (χ0n) is 24.4. The maximum absolute atomic E-state index is 12.0. The molecule has 0 bridgehead atoms. The molecule has 7 nitrogen and oxygen atoms in total. The minimum absolute atomic E-state index is 0.105. The van der Waals surface area contributed by atoms with Crippen LogP contribution in [0.5, 0.6) is 0 Å². The molecule has 0 aromatic carbocycles. The average molecular weight is 563 g/mol. The average Bonchev–Trinajstić information content (AvgIpc) is 2.93. The van der Waals surface area contributed by atoms with Crippen molar-refractivity contribution in [3.05, 3.63) is 0 Å². The van der Waals surface area contributed by atoms with Crippen LogP contribution in [-0.2, 0) is 19.1 Å². The SMILES string of the molecule is CCCCCCCCCCCCCCCCCCC(CC(=O)OC)SCCC(=O)OCC(CO)(CO)CO. The van der Waals surface area contributed by atoms with Gasteiger partial charge in [-0.25, -0.2) is 0 Å². The number of hydrogen-bond acceptors (Lipinski definition) is 8. The molecule has 3 N–H and O–H groups in total. The fourth-order valence-corrected chi connectivity index (χ4v) is 5.54.